The lowest BCUT2D eigenvalue weighted by Crippen LogP contribution is -2.43. The molecule has 0 aliphatic carbocycles. The molecule has 3 saturated heterocycles. The minimum Gasteiger partial charge on any atom is -0.430 e. The highest BCUT2D eigenvalue weighted by molar-refractivity contribution is 5.97. The largest absolute Gasteiger partial charge is 0.430 e. The summed E-state index contributed by atoms with van der Waals surface area (Å²) in [6, 6.07) is 16.2. The molecule has 0 bridgehead atoms. The third kappa shape index (κ3) is 6.05. The fourth-order valence-electron chi connectivity index (χ4n) is 6.56. The molecule has 3 unspecified atom stereocenters. The van der Waals surface area contributed by atoms with Crippen LogP contribution in [0.2, 0.25) is 0 Å². The van der Waals surface area contributed by atoms with E-state index in [-0.39, 0.29) is 24.3 Å². The summed E-state index contributed by atoms with van der Waals surface area (Å²) in [5.74, 6) is 1.20. The fraction of sp³-hybridized carbons (Fsp3) is 0.548. The third-order valence-corrected chi connectivity index (χ3v) is 8.72. The number of amides is 2. The van der Waals surface area contributed by atoms with Crippen LogP contribution in [0.4, 0.5) is 4.79 Å². The van der Waals surface area contributed by atoms with Crippen molar-refractivity contribution in [3.05, 3.63) is 70.8 Å². The average Bonchev–Trinajstić information content (AvgIpc) is 3.47. The topological polar surface area (TPSA) is 65.1 Å². The number of benzene rings is 2. The molecule has 7 nitrogen and oxygen atoms in total. The first kappa shape index (κ1) is 26.7. The highest BCUT2D eigenvalue weighted by Crippen LogP contribution is 2.33. The van der Waals surface area contributed by atoms with Crippen molar-refractivity contribution in [1.29, 1.82) is 0 Å². The Morgan fingerprint density at radius 1 is 0.947 bits per heavy atom. The van der Waals surface area contributed by atoms with Crippen LogP contribution in [-0.2, 0) is 4.74 Å². The van der Waals surface area contributed by atoms with Gasteiger partial charge >= 0.3 is 6.09 Å². The molecule has 0 spiro atoms. The van der Waals surface area contributed by atoms with E-state index in [9.17, 15) is 9.59 Å². The summed E-state index contributed by atoms with van der Waals surface area (Å²) in [6.07, 6.45) is 3.47. The van der Waals surface area contributed by atoms with E-state index in [1.807, 2.05) is 57.3 Å². The van der Waals surface area contributed by atoms with Crippen molar-refractivity contribution in [1.82, 2.24) is 20.0 Å². The molecule has 5 rings (SSSR count). The first-order chi connectivity index (χ1) is 18.4. The summed E-state index contributed by atoms with van der Waals surface area (Å²) in [5, 5.41) is 3.16. The smallest absolute Gasteiger partial charge is 0.409 e. The second-order valence-corrected chi connectivity index (χ2v) is 11.5. The Labute approximate surface area is 227 Å². The predicted octanol–water partition coefficient (Wildman–Crippen LogP) is 4.61. The highest BCUT2D eigenvalue weighted by atomic mass is 16.6. The van der Waals surface area contributed by atoms with Gasteiger partial charge in [0.2, 0.25) is 0 Å². The fourth-order valence-corrected chi connectivity index (χ4v) is 6.56. The third-order valence-electron chi connectivity index (χ3n) is 8.72. The minimum atomic E-state index is -0.337. The normalized spacial score (nSPS) is 24.7. The summed E-state index contributed by atoms with van der Waals surface area (Å²) in [7, 11) is 2.02. The molecule has 1 N–H and O–H groups in total. The number of carbonyl (C=O) groups excluding carboxylic acids is 2. The van der Waals surface area contributed by atoms with E-state index in [1.54, 1.807) is 0 Å². The second kappa shape index (κ2) is 11.9. The van der Waals surface area contributed by atoms with Crippen molar-refractivity contribution < 1.29 is 14.3 Å². The van der Waals surface area contributed by atoms with Gasteiger partial charge in [-0.05, 0) is 75.1 Å². The van der Waals surface area contributed by atoms with Crippen molar-refractivity contribution in [3.63, 3.8) is 0 Å². The van der Waals surface area contributed by atoms with Crippen LogP contribution in [-0.4, -0.2) is 79.2 Å². The molecular formula is C31H42N4O3. The van der Waals surface area contributed by atoms with Crippen LogP contribution in [0.1, 0.15) is 58.8 Å². The van der Waals surface area contributed by atoms with Crippen molar-refractivity contribution in [2.45, 2.75) is 51.8 Å². The molecule has 204 valence electrons. The Morgan fingerprint density at radius 3 is 2.29 bits per heavy atom. The second-order valence-electron chi connectivity index (χ2n) is 11.5. The summed E-state index contributed by atoms with van der Waals surface area (Å²) < 4.78 is 5.80. The Balaban J connectivity index is 1.15. The van der Waals surface area contributed by atoms with Crippen LogP contribution in [0.5, 0.6) is 0 Å². The predicted molar refractivity (Wildman–Crippen MR) is 149 cm³/mol. The molecule has 3 aliphatic heterocycles. The van der Waals surface area contributed by atoms with Crippen molar-refractivity contribution in [3.8, 4) is 0 Å². The number of alkyl carbamates (subject to hydrolysis) is 1. The number of fused-ring (bicyclic) bond motifs is 1. The molecule has 4 atom stereocenters. The zero-order valence-corrected chi connectivity index (χ0v) is 23.1. The molecule has 38 heavy (non-hydrogen) atoms. The quantitative estimate of drug-likeness (QED) is 0.580. The Hall–Kier alpha value is -2.90. The molecule has 2 aromatic rings. The maximum absolute atomic E-state index is 13.3. The van der Waals surface area contributed by atoms with E-state index in [4.69, 9.17) is 4.74 Å². The van der Waals surface area contributed by atoms with Gasteiger partial charge in [-0.25, -0.2) is 4.79 Å². The first-order valence-corrected chi connectivity index (χ1v) is 14.2. The maximum Gasteiger partial charge on any atom is 0.409 e. The van der Waals surface area contributed by atoms with Crippen LogP contribution in [0.15, 0.2) is 48.5 Å². The zero-order chi connectivity index (χ0) is 26.6. The molecule has 7 heteroatoms. The Bertz CT molecular complexity index is 1090. The van der Waals surface area contributed by atoms with Gasteiger partial charge in [0, 0.05) is 44.8 Å². The van der Waals surface area contributed by atoms with E-state index in [1.165, 1.54) is 0 Å². The number of nitrogens with zero attached hydrogens (tertiary/aromatic N) is 3. The lowest BCUT2D eigenvalue weighted by molar-refractivity contribution is -0.0230. The van der Waals surface area contributed by atoms with Gasteiger partial charge < -0.3 is 19.9 Å². The highest BCUT2D eigenvalue weighted by Gasteiger charge is 2.42. The molecule has 2 aromatic carbocycles. The number of nitrogens with one attached hydrogen (secondary N) is 1. The first-order valence-electron chi connectivity index (χ1n) is 14.2. The van der Waals surface area contributed by atoms with Gasteiger partial charge in [0.25, 0.3) is 5.91 Å². The van der Waals surface area contributed by atoms with Gasteiger partial charge in [-0.1, -0.05) is 48.5 Å². The van der Waals surface area contributed by atoms with Crippen molar-refractivity contribution in [2.75, 3.05) is 46.3 Å². The Kier molecular flexibility index (Phi) is 8.34. The minimum absolute atomic E-state index is 0.0971. The van der Waals surface area contributed by atoms with E-state index >= 15 is 0 Å². The summed E-state index contributed by atoms with van der Waals surface area (Å²) in [5.41, 5.74) is 4.09. The molecule has 0 saturated carbocycles. The molecule has 3 fully saturated rings. The number of hydrogen-bond acceptors (Lipinski definition) is 5. The SMILES string of the molecule is Cc1cccc(C)c1C(=O)N1CC2CN(CCC(NC(=O)OC3CCCCN3C)c3ccccc3)C[C@H]2C1. The lowest BCUT2D eigenvalue weighted by Gasteiger charge is -2.32. The molecule has 2 amide bonds. The van der Waals surface area contributed by atoms with E-state index in [0.717, 1.165) is 87.2 Å². The maximum atomic E-state index is 13.3. The van der Waals surface area contributed by atoms with E-state index in [2.05, 4.69) is 32.1 Å². The number of ether oxygens (including phenoxy) is 1. The lowest BCUT2D eigenvalue weighted by atomic mass is 10.0. The van der Waals surface area contributed by atoms with Crippen LogP contribution < -0.4 is 5.32 Å². The molecule has 0 aromatic heterocycles. The van der Waals surface area contributed by atoms with Crippen LogP contribution in [0.25, 0.3) is 0 Å². The van der Waals surface area contributed by atoms with Crippen LogP contribution in [0, 0.1) is 25.7 Å². The van der Waals surface area contributed by atoms with Crippen molar-refractivity contribution in [2.24, 2.45) is 11.8 Å². The van der Waals surface area contributed by atoms with Gasteiger partial charge in [0.1, 0.15) is 0 Å². The van der Waals surface area contributed by atoms with Gasteiger partial charge in [-0.3, -0.25) is 9.69 Å². The van der Waals surface area contributed by atoms with Gasteiger partial charge in [0.15, 0.2) is 6.23 Å². The number of rotatable bonds is 7. The summed E-state index contributed by atoms with van der Waals surface area (Å²) >= 11 is 0. The Morgan fingerprint density at radius 2 is 1.63 bits per heavy atom. The van der Waals surface area contributed by atoms with Crippen LogP contribution in [0.3, 0.4) is 0 Å². The standard InChI is InChI=1S/C31H42N4O3/c1-22-10-9-11-23(2)29(22)30(36)35-20-25-18-34(19-26(25)21-35)17-15-27(24-12-5-4-6-13-24)32-31(37)38-28-14-7-8-16-33(28)3/h4-6,9-13,25-28H,7-8,14-21H2,1-3H3,(H,32,37)/t25-,26?,27?,28?/m0/s1. The summed E-state index contributed by atoms with van der Waals surface area (Å²) in [6.45, 7) is 9.58. The van der Waals surface area contributed by atoms with E-state index < -0.39 is 0 Å². The number of piperidine rings is 1. The van der Waals surface area contributed by atoms with E-state index in [0.29, 0.717) is 11.8 Å². The molecule has 0 radical (unpaired) electrons. The van der Waals surface area contributed by atoms with Gasteiger partial charge in [0.05, 0.1) is 6.04 Å². The zero-order valence-electron chi connectivity index (χ0n) is 23.1. The summed E-state index contributed by atoms with van der Waals surface area (Å²) in [4.78, 5) is 32.8. The average molecular weight is 519 g/mol. The van der Waals surface area contributed by atoms with Crippen molar-refractivity contribution >= 4 is 12.0 Å². The molecular weight excluding hydrogens is 476 g/mol. The van der Waals surface area contributed by atoms with Gasteiger partial charge in [-0.2, -0.15) is 0 Å². The number of aryl methyl sites for hydroxylation is 2. The number of likely N-dealkylation sites (tertiary alicyclic amines) is 3. The number of carbonyl (C=O) groups is 2. The molecule has 3 heterocycles. The van der Waals surface area contributed by atoms with Gasteiger partial charge in [-0.15, -0.1) is 0 Å². The monoisotopic (exact) mass is 518 g/mol. The number of hydrogen-bond donors (Lipinski definition) is 1. The van der Waals surface area contributed by atoms with Crippen LogP contribution >= 0.6 is 0 Å². The molecule has 3 aliphatic rings.